The summed E-state index contributed by atoms with van der Waals surface area (Å²) < 4.78 is 15.9. The van der Waals surface area contributed by atoms with Crippen LogP contribution in [-0.4, -0.2) is 26.9 Å². The fraction of sp³-hybridized carbons (Fsp3) is 0.667. The minimum atomic E-state index is 0.510. The summed E-state index contributed by atoms with van der Waals surface area (Å²) in [6, 6.07) is 2.05. The van der Waals surface area contributed by atoms with Gasteiger partial charge in [-0.1, -0.05) is 6.92 Å². The van der Waals surface area contributed by atoms with Gasteiger partial charge in [0, 0.05) is 19.2 Å². The van der Waals surface area contributed by atoms with Crippen LogP contribution in [0.25, 0.3) is 0 Å². The summed E-state index contributed by atoms with van der Waals surface area (Å²) in [7, 11) is 1.66. The SMILES string of the molecule is CCNCc1cc(COCCOC)oc1C. The van der Waals surface area contributed by atoms with Gasteiger partial charge in [0.2, 0.25) is 0 Å². The van der Waals surface area contributed by atoms with Crippen molar-refractivity contribution >= 4 is 0 Å². The molecule has 0 amide bonds. The molecular formula is C12H21NO3. The van der Waals surface area contributed by atoms with Crippen LogP contribution in [0.3, 0.4) is 0 Å². The van der Waals surface area contributed by atoms with Crippen LogP contribution >= 0.6 is 0 Å². The Morgan fingerprint density at radius 2 is 2.19 bits per heavy atom. The Bertz CT molecular complexity index is 296. The van der Waals surface area contributed by atoms with Crippen LogP contribution in [-0.2, 0) is 22.6 Å². The summed E-state index contributed by atoms with van der Waals surface area (Å²) in [5.41, 5.74) is 1.20. The fourth-order valence-corrected chi connectivity index (χ4v) is 1.41. The second kappa shape index (κ2) is 7.44. The third kappa shape index (κ3) is 4.35. The molecule has 0 bridgehead atoms. The second-order valence-corrected chi connectivity index (χ2v) is 3.62. The van der Waals surface area contributed by atoms with Gasteiger partial charge in [0.05, 0.1) is 13.2 Å². The highest BCUT2D eigenvalue weighted by molar-refractivity contribution is 5.20. The third-order valence-corrected chi connectivity index (χ3v) is 2.31. The van der Waals surface area contributed by atoms with Crippen LogP contribution in [0.2, 0.25) is 0 Å². The van der Waals surface area contributed by atoms with Crippen molar-refractivity contribution in [2.75, 3.05) is 26.9 Å². The number of furan rings is 1. The Balaban J connectivity index is 2.36. The van der Waals surface area contributed by atoms with E-state index in [0.29, 0.717) is 19.8 Å². The third-order valence-electron chi connectivity index (χ3n) is 2.31. The van der Waals surface area contributed by atoms with Gasteiger partial charge in [-0.3, -0.25) is 0 Å². The molecule has 4 heteroatoms. The molecule has 0 aliphatic carbocycles. The maximum absolute atomic E-state index is 5.59. The average Bonchev–Trinajstić information content (AvgIpc) is 2.63. The van der Waals surface area contributed by atoms with Crippen LogP contribution < -0.4 is 5.32 Å². The van der Waals surface area contributed by atoms with Crippen molar-refractivity contribution in [1.82, 2.24) is 5.32 Å². The molecule has 0 atom stereocenters. The first kappa shape index (κ1) is 13.2. The largest absolute Gasteiger partial charge is 0.464 e. The van der Waals surface area contributed by atoms with E-state index >= 15 is 0 Å². The van der Waals surface area contributed by atoms with E-state index in [1.165, 1.54) is 5.56 Å². The molecule has 1 N–H and O–H groups in total. The molecule has 1 aromatic heterocycles. The van der Waals surface area contributed by atoms with E-state index in [9.17, 15) is 0 Å². The molecule has 0 aromatic carbocycles. The topological polar surface area (TPSA) is 43.6 Å². The number of rotatable bonds is 8. The molecule has 0 saturated heterocycles. The molecule has 0 spiro atoms. The second-order valence-electron chi connectivity index (χ2n) is 3.62. The Labute approximate surface area is 96.9 Å². The van der Waals surface area contributed by atoms with Crippen molar-refractivity contribution < 1.29 is 13.9 Å². The number of ether oxygens (including phenoxy) is 2. The van der Waals surface area contributed by atoms with E-state index in [0.717, 1.165) is 24.6 Å². The van der Waals surface area contributed by atoms with Gasteiger partial charge < -0.3 is 19.2 Å². The summed E-state index contributed by atoms with van der Waals surface area (Å²) in [5.74, 6) is 1.84. The van der Waals surface area contributed by atoms with Crippen LogP contribution in [0.15, 0.2) is 10.5 Å². The summed E-state index contributed by atoms with van der Waals surface area (Å²) in [6.07, 6.45) is 0. The quantitative estimate of drug-likeness (QED) is 0.688. The van der Waals surface area contributed by atoms with Crippen molar-refractivity contribution in [2.45, 2.75) is 27.0 Å². The first-order valence-electron chi connectivity index (χ1n) is 5.63. The number of aryl methyl sites for hydroxylation is 1. The van der Waals surface area contributed by atoms with Crippen molar-refractivity contribution in [3.05, 3.63) is 23.2 Å². The molecule has 0 unspecified atom stereocenters. The molecule has 0 saturated carbocycles. The van der Waals surface area contributed by atoms with Gasteiger partial charge in [-0.05, 0) is 19.5 Å². The zero-order valence-corrected chi connectivity index (χ0v) is 10.3. The molecule has 0 aliphatic heterocycles. The lowest BCUT2D eigenvalue weighted by Crippen LogP contribution is -2.11. The molecule has 1 heterocycles. The molecule has 1 aromatic rings. The van der Waals surface area contributed by atoms with Gasteiger partial charge >= 0.3 is 0 Å². The van der Waals surface area contributed by atoms with Gasteiger partial charge in [0.1, 0.15) is 18.1 Å². The minimum Gasteiger partial charge on any atom is -0.464 e. The fourth-order valence-electron chi connectivity index (χ4n) is 1.41. The highest BCUT2D eigenvalue weighted by Crippen LogP contribution is 2.15. The zero-order chi connectivity index (χ0) is 11.8. The molecule has 0 radical (unpaired) electrons. The normalized spacial score (nSPS) is 10.9. The predicted octanol–water partition coefficient (Wildman–Crippen LogP) is 1.86. The van der Waals surface area contributed by atoms with Crippen molar-refractivity contribution in [3.8, 4) is 0 Å². The van der Waals surface area contributed by atoms with Crippen molar-refractivity contribution in [1.29, 1.82) is 0 Å². The van der Waals surface area contributed by atoms with Gasteiger partial charge in [0.15, 0.2) is 0 Å². The molecule has 16 heavy (non-hydrogen) atoms. The molecular weight excluding hydrogens is 206 g/mol. The monoisotopic (exact) mass is 227 g/mol. The number of methoxy groups -OCH3 is 1. The Morgan fingerprint density at radius 3 is 2.88 bits per heavy atom. The van der Waals surface area contributed by atoms with Crippen LogP contribution in [0.4, 0.5) is 0 Å². The molecule has 4 nitrogen and oxygen atoms in total. The maximum atomic E-state index is 5.59. The maximum Gasteiger partial charge on any atom is 0.130 e. The number of nitrogens with one attached hydrogen (secondary N) is 1. The van der Waals surface area contributed by atoms with Gasteiger partial charge in [-0.15, -0.1) is 0 Å². The van der Waals surface area contributed by atoms with Crippen molar-refractivity contribution in [3.63, 3.8) is 0 Å². The summed E-state index contributed by atoms with van der Waals surface area (Å²) in [6.45, 7) is 7.60. The Kier molecular flexibility index (Phi) is 6.15. The van der Waals surface area contributed by atoms with E-state index in [1.54, 1.807) is 7.11 Å². The molecule has 92 valence electrons. The Hall–Kier alpha value is -0.840. The van der Waals surface area contributed by atoms with Gasteiger partial charge in [-0.25, -0.2) is 0 Å². The average molecular weight is 227 g/mol. The van der Waals surface area contributed by atoms with Crippen LogP contribution in [0.1, 0.15) is 24.0 Å². The standard InChI is InChI=1S/C12H21NO3/c1-4-13-8-11-7-12(16-10(11)2)9-15-6-5-14-3/h7,13H,4-6,8-9H2,1-3H3. The van der Waals surface area contributed by atoms with E-state index < -0.39 is 0 Å². The smallest absolute Gasteiger partial charge is 0.130 e. The summed E-state index contributed by atoms with van der Waals surface area (Å²) in [5, 5.41) is 3.27. The molecule has 0 aliphatic rings. The number of hydrogen-bond acceptors (Lipinski definition) is 4. The predicted molar refractivity (Wildman–Crippen MR) is 62.4 cm³/mol. The van der Waals surface area contributed by atoms with E-state index in [1.807, 2.05) is 13.0 Å². The minimum absolute atomic E-state index is 0.510. The summed E-state index contributed by atoms with van der Waals surface area (Å²) in [4.78, 5) is 0. The first-order valence-corrected chi connectivity index (χ1v) is 5.63. The molecule has 1 rings (SSSR count). The van der Waals surface area contributed by atoms with E-state index in [4.69, 9.17) is 13.9 Å². The zero-order valence-electron chi connectivity index (χ0n) is 10.3. The highest BCUT2D eigenvalue weighted by Gasteiger charge is 2.06. The highest BCUT2D eigenvalue weighted by atomic mass is 16.5. The van der Waals surface area contributed by atoms with Gasteiger partial charge in [0.25, 0.3) is 0 Å². The summed E-state index contributed by atoms with van der Waals surface area (Å²) >= 11 is 0. The Morgan fingerprint density at radius 1 is 1.38 bits per heavy atom. The van der Waals surface area contributed by atoms with Crippen LogP contribution in [0.5, 0.6) is 0 Å². The molecule has 0 fully saturated rings. The number of hydrogen-bond donors (Lipinski definition) is 1. The van der Waals surface area contributed by atoms with E-state index in [-0.39, 0.29) is 0 Å². The van der Waals surface area contributed by atoms with Crippen LogP contribution in [0, 0.1) is 6.92 Å². The lowest BCUT2D eigenvalue weighted by atomic mass is 10.2. The lowest BCUT2D eigenvalue weighted by molar-refractivity contribution is 0.0535. The first-order chi connectivity index (χ1) is 7.77. The van der Waals surface area contributed by atoms with Crippen molar-refractivity contribution in [2.24, 2.45) is 0 Å². The lowest BCUT2D eigenvalue weighted by Gasteiger charge is -1.99. The van der Waals surface area contributed by atoms with E-state index in [2.05, 4.69) is 12.2 Å². The van der Waals surface area contributed by atoms with Gasteiger partial charge in [-0.2, -0.15) is 0 Å².